The molecule has 24 heavy (non-hydrogen) atoms. The van der Waals surface area contributed by atoms with Crippen LogP contribution in [0.4, 0.5) is 0 Å². The molecule has 116 valence electrons. The van der Waals surface area contributed by atoms with Gasteiger partial charge in [-0.25, -0.2) is 9.66 Å². The van der Waals surface area contributed by atoms with Gasteiger partial charge in [0.15, 0.2) is 5.82 Å². The summed E-state index contributed by atoms with van der Waals surface area (Å²) in [5.74, 6) is 6.43. The number of rotatable bonds is 2. The summed E-state index contributed by atoms with van der Waals surface area (Å²) in [5, 5.41) is 0.518. The lowest BCUT2D eigenvalue weighted by molar-refractivity contribution is 0.927. The van der Waals surface area contributed by atoms with Gasteiger partial charge >= 0.3 is 0 Å². The maximum atomic E-state index is 12.4. The molecule has 3 aromatic carbocycles. The molecule has 4 nitrogen and oxygen atoms in total. The predicted molar refractivity (Wildman–Crippen MR) is 97.0 cm³/mol. The van der Waals surface area contributed by atoms with Crippen LogP contribution in [0.1, 0.15) is 0 Å². The molecule has 0 aliphatic carbocycles. The van der Waals surface area contributed by atoms with Crippen molar-refractivity contribution in [2.24, 2.45) is 0 Å². The average molecular weight is 313 g/mol. The summed E-state index contributed by atoms with van der Waals surface area (Å²) in [4.78, 5) is 17.0. The van der Waals surface area contributed by atoms with Crippen LogP contribution in [0.2, 0.25) is 0 Å². The number of nitrogens with two attached hydrogens (primary N) is 1. The lowest BCUT2D eigenvalue weighted by Gasteiger charge is -2.09. The fourth-order valence-electron chi connectivity index (χ4n) is 2.79. The molecular formula is C20H15N3O. The predicted octanol–water partition coefficient (Wildman–Crippen LogP) is 3.44. The Morgan fingerprint density at radius 2 is 1.29 bits per heavy atom. The number of hydrogen-bond donors (Lipinski definition) is 1. The van der Waals surface area contributed by atoms with Gasteiger partial charge in [0.2, 0.25) is 0 Å². The Labute approximate surface area is 138 Å². The highest BCUT2D eigenvalue weighted by molar-refractivity contribution is 5.80. The fourth-order valence-corrected chi connectivity index (χ4v) is 2.79. The SMILES string of the molecule is Nn1c(-c2ccc(-c3ccccc3)cc2)nc2ccccc2c1=O. The molecule has 0 spiro atoms. The van der Waals surface area contributed by atoms with Gasteiger partial charge < -0.3 is 5.84 Å². The molecule has 0 atom stereocenters. The first-order valence-electron chi connectivity index (χ1n) is 7.67. The summed E-state index contributed by atoms with van der Waals surface area (Å²) in [6, 6.07) is 25.2. The zero-order valence-corrected chi connectivity index (χ0v) is 12.9. The highest BCUT2D eigenvalue weighted by atomic mass is 16.1. The van der Waals surface area contributed by atoms with Crippen molar-refractivity contribution >= 4 is 10.9 Å². The summed E-state index contributed by atoms with van der Waals surface area (Å²) in [5.41, 5.74) is 3.45. The normalized spacial score (nSPS) is 10.8. The second-order valence-corrected chi connectivity index (χ2v) is 5.57. The first-order valence-corrected chi connectivity index (χ1v) is 7.67. The highest BCUT2D eigenvalue weighted by Crippen LogP contribution is 2.23. The number of para-hydroxylation sites is 1. The Kier molecular flexibility index (Phi) is 3.35. The Morgan fingerprint density at radius 3 is 2.04 bits per heavy atom. The van der Waals surface area contributed by atoms with E-state index in [0.717, 1.165) is 21.4 Å². The second kappa shape index (κ2) is 5.66. The third-order valence-electron chi connectivity index (χ3n) is 4.06. The van der Waals surface area contributed by atoms with Crippen molar-refractivity contribution in [3.05, 3.63) is 89.2 Å². The quantitative estimate of drug-likeness (QED) is 0.577. The summed E-state index contributed by atoms with van der Waals surface area (Å²) < 4.78 is 1.11. The van der Waals surface area contributed by atoms with E-state index >= 15 is 0 Å². The van der Waals surface area contributed by atoms with Crippen LogP contribution in [-0.2, 0) is 0 Å². The summed E-state index contributed by atoms with van der Waals surface area (Å²) in [6.45, 7) is 0. The number of hydrogen-bond acceptors (Lipinski definition) is 3. The van der Waals surface area contributed by atoms with E-state index in [1.54, 1.807) is 12.1 Å². The van der Waals surface area contributed by atoms with Gasteiger partial charge in [-0.1, -0.05) is 66.7 Å². The Hall–Kier alpha value is -3.40. The van der Waals surface area contributed by atoms with Crippen molar-refractivity contribution in [3.63, 3.8) is 0 Å². The van der Waals surface area contributed by atoms with Gasteiger partial charge in [0.25, 0.3) is 5.56 Å². The van der Waals surface area contributed by atoms with Crippen LogP contribution in [0.5, 0.6) is 0 Å². The molecule has 2 N–H and O–H groups in total. The third-order valence-corrected chi connectivity index (χ3v) is 4.06. The number of fused-ring (bicyclic) bond motifs is 1. The van der Waals surface area contributed by atoms with E-state index in [-0.39, 0.29) is 5.56 Å². The van der Waals surface area contributed by atoms with E-state index < -0.39 is 0 Å². The van der Waals surface area contributed by atoms with Crippen molar-refractivity contribution in [1.29, 1.82) is 0 Å². The van der Waals surface area contributed by atoms with Crippen LogP contribution >= 0.6 is 0 Å². The lowest BCUT2D eigenvalue weighted by atomic mass is 10.0. The smallest absolute Gasteiger partial charge is 0.280 e. The summed E-state index contributed by atoms with van der Waals surface area (Å²) in [6.07, 6.45) is 0. The van der Waals surface area contributed by atoms with E-state index in [1.165, 1.54) is 0 Å². The van der Waals surface area contributed by atoms with Crippen molar-refractivity contribution in [2.45, 2.75) is 0 Å². The molecule has 4 aromatic rings. The molecular weight excluding hydrogens is 298 g/mol. The Morgan fingerprint density at radius 1 is 0.708 bits per heavy atom. The number of aromatic nitrogens is 2. The Bertz CT molecular complexity index is 1070. The molecule has 1 heterocycles. The van der Waals surface area contributed by atoms with E-state index in [2.05, 4.69) is 17.1 Å². The Balaban J connectivity index is 1.83. The summed E-state index contributed by atoms with van der Waals surface area (Å²) >= 11 is 0. The molecule has 0 unspecified atom stereocenters. The van der Waals surface area contributed by atoms with Crippen molar-refractivity contribution in [1.82, 2.24) is 9.66 Å². The zero-order valence-electron chi connectivity index (χ0n) is 12.9. The molecule has 0 saturated carbocycles. The number of nitrogen functional groups attached to an aromatic ring is 1. The molecule has 0 saturated heterocycles. The monoisotopic (exact) mass is 313 g/mol. The summed E-state index contributed by atoms with van der Waals surface area (Å²) in [7, 11) is 0. The van der Waals surface area contributed by atoms with Crippen molar-refractivity contribution in [2.75, 3.05) is 5.84 Å². The number of benzene rings is 3. The minimum absolute atomic E-state index is 0.247. The molecule has 0 aliphatic rings. The van der Waals surface area contributed by atoms with Gasteiger partial charge in [0.05, 0.1) is 10.9 Å². The molecule has 1 aromatic heterocycles. The first-order chi connectivity index (χ1) is 11.7. The van der Waals surface area contributed by atoms with Gasteiger partial charge in [-0.15, -0.1) is 0 Å². The van der Waals surface area contributed by atoms with Crippen molar-refractivity contribution < 1.29 is 0 Å². The van der Waals surface area contributed by atoms with E-state index in [0.29, 0.717) is 16.7 Å². The van der Waals surface area contributed by atoms with Crippen LogP contribution in [0.25, 0.3) is 33.4 Å². The molecule has 4 rings (SSSR count). The van der Waals surface area contributed by atoms with Gasteiger partial charge in [-0.05, 0) is 23.3 Å². The molecule has 0 amide bonds. The van der Waals surface area contributed by atoms with Crippen LogP contribution in [0, 0.1) is 0 Å². The first kappa shape index (κ1) is 14.2. The molecule has 0 radical (unpaired) electrons. The second-order valence-electron chi connectivity index (χ2n) is 5.57. The van der Waals surface area contributed by atoms with Crippen LogP contribution in [0.3, 0.4) is 0 Å². The van der Waals surface area contributed by atoms with Crippen LogP contribution in [-0.4, -0.2) is 9.66 Å². The van der Waals surface area contributed by atoms with Crippen LogP contribution in [0.15, 0.2) is 83.7 Å². The van der Waals surface area contributed by atoms with Gasteiger partial charge in [0, 0.05) is 5.56 Å². The fraction of sp³-hybridized carbons (Fsp3) is 0. The minimum Gasteiger partial charge on any atom is -0.334 e. The van der Waals surface area contributed by atoms with E-state index in [9.17, 15) is 4.79 Å². The van der Waals surface area contributed by atoms with Crippen molar-refractivity contribution in [3.8, 4) is 22.5 Å². The zero-order chi connectivity index (χ0) is 16.5. The third kappa shape index (κ3) is 2.34. The number of nitrogens with zero attached hydrogens (tertiary/aromatic N) is 2. The maximum Gasteiger partial charge on any atom is 0.280 e. The molecule has 0 bridgehead atoms. The molecule has 4 heteroatoms. The van der Waals surface area contributed by atoms with Gasteiger partial charge in [-0.3, -0.25) is 4.79 Å². The highest BCUT2D eigenvalue weighted by Gasteiger charge is 2.10. The van der Waals surface area contributed by atoms with Gasteiger partial charge in [0.1, 0.15) is 0 Å². The largest absolute Gasteiger partial charge is 0.334 e. The van der Waals surface area contributed by atoms with Crippen LogP contribution < -0.4 is 11.4 Å². The van der Waals surface area contributed by atoms with E-state index in [4.69, 9.17) is 5.84 Å². The topological polar surface area (TPSA) is 60.9 Å². The average Bonchev–Trinajstić information content (AvgIpc) is 2.66. The maximum absolute atomic E-state index is 12.4. The standard InChI is InChI=1S/C20H15N3O/c21-23-19(22-18-9-5-4-8-17(18)20(23)24)16-12-10-15(11-13-16)14-6-2-1-3-7-14/h1-13H,21H2. The minimum atomic E-state index is -0.247. The molecule has 0 fully saturated rings. The lowest BCUT2D eigenvalue weighted by Crippen LogP contribution is -2.29. The van der Waals surface area contributed by atoms with Gasteiger partial charge in [-0.2, -0.15) is 0 Å². The van der Waals surface area contributed by atoms with E-state index in [1.807, 2.05) is 54.6 Å². The molecule has 0 aliphatic heterocycles.